The van der Waals surface area contributed by atoms with Crippen molar-refractivity contribution in [3.8, 4) is 0 Å². The van der Waals surface area contributed by atoms with E-state index in [-0.39, 0.29) is 6.61 Å². The Morgan fingerprint density at radius 2 is 1.88 bits per heavy atom. The van der Waals surface area contributed by atoms with Gasteiger partial charge >= 0.3 is 0 Å². The molecule has 1 fully saturated rings. The number of anilines is 1. The van der Waals surface area contributed by atoms with E-state index in [9.17, 15) is 5.11 Å². The molecule has 3 rings (SSSR count). The SMILES string of the molecule is OCc1cc2c(nc1N1CCCC1)CCCC2. The molecule has 3 nitrogen and oxygen atoms in total. The Kier molecular flexibility index (Phi) is 3.02. The molecule has 1 N–H and O–H groups in total. The van der Waals surface area contributed by atoms with Gasteiger partial charge in [-0.25, -0.2) is 4.98 Å². The van der Waals surface area contributed by atoms with Gasteiger partial charge in [0.2, 0.25) is 0 Å². The summed E-state index contributed by atoms with van der Waals surface area (Å²) in [5.74, 6) is 1.05. The van der Waals surface area contributed by atoms with Gasteiger partial charge < -0.3 is 10.0 Å². The Balaban J connectivity index is 2.00. The number of fused-ring (bicyclic) bond motifs is 1. The predicted octanol–water partition coefficient (Wildman–Crippen LogP) is 2.05. The lowest BCUT2D eigenvalue weighted by Crippen LogP contribution is -2.22. The summed E-state index contributed by atoms with van der Waals surface area (Å²) in [7, 11) is 0. The number of aliphatic hydroxyl groups is 1. The third-order valence-electron chi connectivity index (χ3n) is 3.93. The monoisotopic (exact) mass is 232 g/mol. The van der Waals surface area contributed by atoms with Crippen molar-refractivity contribution in [3.05, 3.63) is 22.9 Å². The molecule has 1 aromatic rings. The highest BCUT2D eigenvalue weighted by Crippen LogP contribution is 2.28. The summed E-state index contributed by atoms with van der Waals surface area (Å²) in [4.78, 5) is 7.17. The van der Waals surface area contributed by atoms with Gasteiger partial charge in [-0.1, -0.05) is 0 Å². The fraction of sp³-hybridized carbons (Fsp3) is 0.643. The smallest absolute Gasteiger partial charge is 0.134 e. The normalized spacial score (nSPS) is 19.5. The van der Waals surface area contributed by atoms with Crippen molar-refractivity contribution in [3.63, 3.8) is 0 Å². The zero-order valence-corrected chi connectivity index (χ0v) is 10.3. The van der Waals surface area contributed by atoms with Crippen molar-refractivity contribution in [1.82, 2.24) is 4.98 Å². The van der Waals surface area contributed by atoms with Gasteiger partial charge in [0.1, 0.15) is 5.82 Å². The van der Waals surface area contributed by atoms with Crippen LogP contribution in [0.1, 0.15) is 42.5 Å². The van der Waals surface area contributed by atoms with E-state index in [4.69, 9.17) is 4.98 Å². The van der Waals surface area contributed by atoms with Crippen LogP contribution in [0.15, 0.2) is 6.07 Å². The lowest BCUT2D eigenvalue weighted by Gasteiger charge is -2.23. The van der Waals surface area contributed by atoms with Gasteiger partial charge in [0.15, 0.2) is 0 Å². The van der Waals surface area contributed by atoms with E-state index >= 15 is 0 Å². The van der Waals surface area contributed by atoms with Crippen LogP contribution in [-0.2, 0) is 19.4 Å². The number of pyridine rings is 1. The third kappa shape index (κ3) is 2.04. The van der Waals surface area contributed by atoms with Crippen LogP contribution >= 0.6 is 0 Å². The maximum absolute atomic E-state index is 9.51. The zero-order chi connectivity index (χ0) is 11.7. The molecular formula is C14H20N2O. The molecule has 1 aliphatic heterocycles. The van der Waals surface area contributed by atoms with Crippen LogP contribution < -0.4 is 4.90 Å². The highest BCUT2D eigenvalue weighted by molar-refractivity contribution is 5.50. The van der Waals surface area contributed by atoms with Crippen molar-refractivity contribution in [1.29, 1.82) is 0 Å². The molecule has 1 saturated heterocycles. The van der Waals surface area contributed by atoms with E-state index in [0.29, 0.717) is 0 Å². The molecule has 0 spiro atoms. The number of rotatable bonds is 2. The van der Waals surface area contributed by atoms with Gasteiger partial charge in [-0.2, -0.15) is 0 Å². The second-order valence-electron chi connectivity index (χ2n) is 5.14. The van der Waals surface area contributed by atoms with E-state index in [1.165, 1.54) is 36.9 Å². The lowest BCUT2D eigenvalue weighted by atomic mass is 9.95. The number of nitrogens with zero attached hydrogens (tertiary/aromatic N) is 2. The molecule has 17 heavy (non-hydrogen) atoms. The van der Waals surface area contributed by atoms with E-state index < -0.39 is 0 Å². The van der Waals surface area contributed by atoms with Crippen molar-refractivity contribution in [2.24, 2.45) is 0 Å². The van der Waals surface area contributed by atoms with Crippen molar-refractivity contribution in [2.45, 2.75) is 45.1 Å². The molecule has 0 aromatic carbocycles. The molecule has 0 radical (unpaired) electrons. The summed E-state index contributed by atoms with van der Waals surface area (Å²) in [6, 6.07) is 2.19. The molecule has 1 aromatic heterocycles. The molecule has 3 heteroatoms. The molecular weight excluding hydrogens is 212 g/mol. The van der Waals surface area contributed by atoms with Crippen molar-refractivity contribution < 1.29 is 5.11 Å². The highest BCUT2D eigenvalue weighted by Gasteiger charge is 2.20. The standard InChI is InChI=1S/C14H20N2O/c17-10-12-9-11-5-1-2-6-13(11)15-14(12)16-7-3-4-8-16/h9,17H,1-8,10H2. The van der Waals surface area contributed by atoms with Crippen LogP contribution in [-0.4, -0.2) is 23.2 Å². The first kappa shape index (κ1) is 11.0. The fourth-order valence-electron chi connectivity index (χ4n) is 2.99. The quantitative estimate of drug-likeness (QED) is 0.848. The summed E-state index contributed by atoms with van der Waals surface area (Å²) >= 11 is 0. The Morgan fingerprint density at radius 1 is 1.12 bits per heavy atom. The first-order chi connectivity index (χ1) is 8.38. The molecule has 0 bridgehead atoms. The second kappa shape index (κ2) is 4.65. The first-order valence-corrected chi connectivity index (χ1v) is 6.76. The molecule has 2 heterocycles. The Hall–Kier alpha value is -1.09. The summed E-state index contributed by atoms with van der Waals surface area (Å²) in [5, 5.41) is 9.51. The molecule has 0 unspecified atom stereocenters. The Bertz CT molecular complexity index is 411. The van der Waals surface area contributed by atoms with Crippen molar-refractivity contribution in [2.75, 3.05) is 18.0 Å². The summed E-state index contributed by atoms with van der Waals surface area (Å²) in [5.41, 5.74) is 3.66. The summed E-state index contributed by atoms with van der Waals surface area (Å²) in [6.45, 7) is 2.31. The molecule has 1 aliphatic carbocycles. The van der Waals surface area contributed by atoms with Crippen LogP contribution in [0.2, 0.25) is 0 Å². The van der Waals surface area contributed by atoms with E-state index in [1.54, 1.807) is 0 Å². The molecule has 0 amide bonds. The molecule has 0 atom stereocenters. The number of aliphatic hydroxyl groups excluding tert-OH is 1. The van der Waals surface area contributed by atoms with Crippen LogP contribution in [0, 0.1) is 0 Å². The zero-order valence-electron chi connectivity index (χ0n) is 10.3. The van der Waals surface area contributed by atoms with E-state index in [1.807, 2.05) is 0 Å². The van der Waals surface area contributed by atoms with Crippen molar-refractivity contribution >= 4 is 5.82 Å². The van der Waals surface area contributed by atoms with Gasteiger partial charge in [-0.05, 0) is 50.2 Å². The number of aromatic nitrogens is 1. The number of hydrogen-bond donors (Lipinski definition) is 1. The minimum atomic E-state index is 0.117. The van der Waals surface area contributed by atoms with Crippen LogP contribution in [0.25, 0.3) is 0 Å². The maximum Gasteiger partial charge on any atom is 0.134 e. The average Bonchev–Trinajstić information content (AvgIpc) is 2.91. The number of hydrogen-bond acceptors (Lipinski definition) is 3. The predicted molar refractivity (Wildman–Crippen MR) is 68.2 cm³/mol. The average molecular weight is 232 g/mol. The minimum absolute atomic E-state index is 0.117. The van der Waals surface area contributed by atoms with E-state index in [2.05, 4.69) is 11.0 Å². The van der Waals surface area contributed by atoms with Gasteiger partial charge in [-0.15, -0.1) is 0 Å². The highest BCUT2D eigenvalue weighted by atomic mass is 16.3. The largest absolute Gasteiger partial charge is 0.392 e. The summed E-state index contributed by atoms with van der Waals surface area (Å²) in [6.07, 6.45) is 7.28. The van der Waals surface area contributed by atoms with Crippen LogP contribution in [0.4, 0.5) is 5.82 Å². The molecule has 92 valence electrons. The topological polar surface area (TPSA) is 36.4 Å². The Labute approximate surface area is 102 Å². The van der Waals surface area contributed by atoms with Crippen LogP contribution in [0.5, 0.6) is 0 Å². The number of aryl methyl sites for hydroxylation is 2. The summed E-state index contributed by atoms with van der Waals surface area (Å²) < 4.78 is 0. The lowest BCUT2D eigenvalue weighted by molar-refractivity contribution is 0.281. The molecule has 2 aliphatic rings. The second-order valence-corrected chi connectivity index (χ2v) is 5.14. The third-order valence-corrected chi connectivity index (χ3v) is 3.93. The van der Waals surface area contributed by atoms with Gasteiger partial charge in [0.25, 0.3) is 0 Å². The molecule has 0 saturated carbocycles. The van der Waals surface area contributed by atoms with Gasteiger partial charge in [0.05, 0.1) is 6.61 Å². The Morgan fingerprint density at radius 3 is 2.65 bits per heavy atom. The fourth-order valence-corrected chi connectivity index (χ4v) is 2.99. The van der Waals surface area contributed by atoms with Crippen LogP contribution in [0.3, 0.4) is 0 Å². The van der Waals surface area contributed by atoms with Gasteiger partial charge in [0, 0.05) is 24.3 Å². The minimum Gasteiger partial charge on any atom is -0.392 e. The van der Waals surface area contributed by atoms with E-state index in [0.717, 1.165) is 37.3 Å². The first-order valence-electron chi connectivity index (χ1n) is 6.76. The van der Waals surface area contributed by atoms with Gasteiger partial charge in [-0.3, -0.25) is 0 Å². The maximum atomic E-state index is 9.51.